The zero-order valence-electron chi connectivity index (χ0n) is 8.97. The van der Waals surface area contributed by atoms with E-state index < -0.39 is 17.7 Å². The van der Waals surface area contributed by atoms with Crippen molar-refractivity contribution in [2.75, 3.05) is 12.3 Å². The van der Waals surface area contributed by atoms with Gasteiger partial charge >= 0.3 is 0 Å². The van der Waals surface area contributed by atoms with Crippen LogP contribution in [0, 0.1) is 0 Å². The highest BCUT2D eigenvalue weighted by Crippen LogP contribution is 2.28. The molecule has 0 atom stereocenters. The molecule has 3 nitrogen and oxygen atoms in total. The van der Waals surface area contributed by atoms with Crippen molar-refractivity contribution in [3.63, 3.8) is 0 Å². The molecule has 0 amide bonds. The van der Waals surface area contributed by atoms with Crippen LogP contribution in [0.2, 0.25) is 0 Å². The van der Waals surface area contributed by atoms with Gasteiger partial charge in [0.25, 0.3) is 10.0 Å². The molecule has 0 heterocycles. The highest BCUT2D eigenvalue weighted by atomic mass is 32.2. The van der Waals surface area contributed by atoms with Gasteiger partial charge in [0.15, 0.2) is 0 Å². The molecular formula is C10H16NO2PS. The fourth-order valence-corrected chi connectivity index (χ4v) is 5.01. The van der Waals surface area contributed by atoms with Gasteiger partial charge in [-0.1, -0.05) is 32.0 Å². The number of nitrogens with zero attached hydrogens (tertiary/aromatic N) is 1. The lowest BCUT2D eigenvalue weighted by molar-refractivity contribution is 0.598. The Morgan fingerprint density at radius 1 is 1.13 bits per heavy atom. The van der Waals surface area contributed by atoms with E-state index in [9.17, 15) is 8.42 Å². The maximum Gasteiger partial charge on any atom is 0.280 e. The molecule has 0 spiro atoms. The van der Waals surface area contributed by atoms with Crippen LogP contribution >= 0.6 is 7.71 Å². The monoisotopic (exact) mass is 245 g/mol. The lowest BCUT2D eigenvalue weighted by Crippen LogP contribution is -1.95. The van der Waals surface area contributed by atoms with Crippen molar-refractivity contribution < 1.29 is 8.42 Å². The van der Waals surface area contributed by atoms with Crippen molar-refractivity contribution >= 4 is 17.7 Å². The van der Waals surface area contributed by atoms with E-state index in [1.54, 1.807) is 30.3 Å². The first-order chi connectivity index (χ1) is 7.10. The summed E-state index contributed by atoms with van der Waals surface area (Å²) in [5, 5.41) is 0. The molecule has 84 valence electrons. The molecular weight excluding hydrogens is 229 g/mol. The molecule has 0 N–H and O–H groups in total. The second-order valence-corrected chi connectivity index (χ2v) is 7.85. The van der Waals surface area contributed by atoms with Crippen LogP contribution < -0.4 is 0 Å². The van der Waals surface area contributed by atoms with Crippen LogP contribution in [0.15, 0.2) is 39.4 Å². The van der Waals surface area contributed by atoms with Gasteiger partial charge in [-0.15, -0.1) is 0 Å². The molecule has 0 aliphatic heterocycles. The van der Waals surface area contributed by atoms with Crippen LogP contribution in [-0.2, 0) is 10.0 Å². The molecule has 1 aromatic rings. The summed E-state index contributed by atoms with van der Waals surface area (Å²) in [7, 11) is -4.50. The first-order valence-electron chi connectivity index (χ1n) is 4.98. The van der Waals surface area contributed by atoms with Crippen LogP contribution in [0.25, 0.3) is 0 Å². The maximum absolute atomic E-state index is 11.8. The number of rotatable bonds is 4. The Hall–Kier alpha value is -0.600. The summed E-state index contributed by atoms with van der Waals surface area (Å²) in [5.41, 5.74) is 0. The van der Waals surface area contributed by atoms with Crippen LogP contribution in [-0.4, -0.2) is 20.7 Å². The Bertz CT molecular complexity index is 434. The van der Waals surface area contributed by atoms with Gasteiger partial charge in [0.05, 0.1) is 4.90 Å². The summed E-state index contributed by atoms with van der Waals surface area (Å²) in [5.74, 6) is 0. The normalized spacial score (nSPS) is 11.7. The highest BCUT2D eigenvalue weighted by molar-refractivity contribution is 7.92. The molecule has 0 aliphatic carbocycles. The maximum atomic E-state index is 11.8. The first kappa shape index (κ1) is 12.5. The van der Waals surface area contributed by atoms with Gasteiger partial charge in [0, 0.05) is 0 Å². The average Bonchev–Trinajstić information content (AvgIpc) is 2.27. The molecule has 0 fully saturated rings. The number of hydrogen-bond donors (Lipinski definition) is 0. The highest BCUT2D eigenvalue weighted by Gasteiger charge is 2.11. The third kappa shape index (κ3) is 3.47. The minimum absolute atomic E-state index is 0.300. The lowest BCUT2D eigenvalue weighted by Gasteiger charge is -2.02. The van der Waals surface area contributed by atoms with Gasteiger partial charge in [0.1, 0.15) is 0 Å². The molecule has 0 bridgehead atoms. The number of hydrogen-bond acceptors (Lipinski definition) is 2. The molecule has 5 heteroatoms. The Labute approximate surface area is 92.1 Å². The molecule has 0 aliphatic rings. The van der Waals surface area contributed by atoms with Crippen LogP contribution in [0.1, 0.15) is 13.8 Å². The topological polar surface area (TPSA) is 46.5 Å². The number of sulfonamides is 1. The Morgan fingerprint density at radius 2 is 1.67 bits per heavy atom. The van der Waals surface area contributed by atoms with Gasteiger partial charge < -0.3 is 0 Å². The minimum atomic E-state index is -3.41. The summed E-state index contributed by atoms with van der Waals surface area (Å²) >= 11 is 0. The molecule has 1 aromatic carbocycles. The van der Waals surface area contributed by atoms with E-state index in [1.807, 2.05) is 13.8 Å². The van der Waals surface area contributed by atoms with Crippen molar-refractivity contribution in [1.29, 1.82) is 0 Å². The quantitative estimate of drug-likeness (QED) is 0.766. The summed E-state index contributed by atoms with van der Waals surface area (Å²) in [6.45, 7) is 3.98. The third-order valence-electron chi connectivity index (χ3n) is 2.11. The summed E-state index contributed by atoms with van der Waals surface area (Å²) in [6.07, 6.45) is 1.71. The van der Waals surface area contributed by atoms with Crippen molar-refractivity contribution in [3.8, 4) is 0 Å². The SMILES string of the molecule is CC[PH](CC)=NS(=O)(=O)c1ccccc1. The predicted molar refractivity (Wildman–Crippen MR) is 65.5 cm³/mol. The Kier molecular flexibility index (Phi) is 4.55. The molecule has 0 saturated carbocycles. The van der Waals surface area contributed by atoms with Crippen molar-refractivity contribution in [2.24, 2.45) is 4.15 Å². The zero-order chi connectivity index (χ0) is 11.3. The Balaban J connectivity index is 3.10. The van der Waals surface area contributed by atoms with Crippen molar-refractivity contribution in [1.82, 2.24) is 0 Å². The summed E-state index contributed by atoms with van der Waals surface area (Å²) < 4.78 is 27.6. The molecule has 15 heavy (non-hydrogen) atoms. The fourth-order valence-electron chi connectivity index (χ4n) is 1.19. The van der Waals surface area contributed by atoms with Crippen LogP contribution in [0.5, 0.6) is 0 Å². The van der Waals surface area contributed by atoms with Crippen LogP contribution in [0.4, 0.5) is 0 Å². The standard InChI is InChI=1S/C10H16NO2PS/c1-3-14(4-2)11-15(12,13)10-8-6-5-7-9-10/h5-9,14H,3-4H2,1-2H3. The predicted octanol–water partition coefficient (Wildman–Crippen LogP) is 2.81. The van der Waals surface area contributed by atoms with E-state index >= 15 is 0 Å². The lowest BCUT2D eigenvalue weighted by atomic mass is 10.4. The van der Waals surface area contributed by atoms with E-state index in [4.69, 9.17) is 0 Å². The third-order valence-corrected chi connectivity index (χ3v) is 6.60. The van der Waals surface area contributed by atoms with Gasteiger partial charge in [0.2, 0.25) is 0 Å². The largest absolute Gasteiger partial charge is 0.280 e. The molecule has 0 aromatic heterocycles. The second-order valence-electron chi connectivity index (χ2n) is 3.15. The molecule has 1 rings (SSSR count). The van der Waals surface area contributed by atoms with Crippen molar-refractivity contribution in [3.05, 3.63) is 30.3 Å². The van der Waals surface area contributed by atoms with Gasteiger partial charge in [-0.3, -0.25) is 0 Å². The average molecular weight is 245 g/mol. The zero-order valence-corrected chi connectivity index (χ0v) is 10.8. The smallest absolute Gasteiger partial charge is 0.199 e. The van der Waals surface area contributed by atoms with Gasteiger partial charge in [-0.25, -0.2) is 0 Å². The number of benzene rings is 1. The van der Waals surface area contributed by atoms with E-state index in [-0.39, 0.29) is 0 Å². The van der Waals surface area contributed by atoms with E-state index in [2.05, 4.69) is 4.15 Å². The van der Waals surface area contributed by atoms with Gasteiger partial charge in [-0.2, -0.15) is 12.6 Å². The van der Waals surface area contributed by atoms with E-state index in [0.29, 0.717) is 4.90 Å². The second kappa shape index (κ2) is 5.47. The summed E-state index contributed by atoms with van der Waals surface area (Å²) in [4.78, 5) is 0.300. The molecule has 0 unspecified atom stereocenters. The van der Waals surface area contributed by atoms with E-state index in [1.165, 1.54) is 0 Å². The molecule has 0 saturated heterocycles. The Morgan fingerprint density at radius 3 is 2.13 bits per heavy atom. The van der Waals surface area contributed by atoms with Gasteiger partial charge in [-0.05, 0) is 32.2 Å². The van der Waals surface area contributed by atoms with Crippen LogP contribution in [0.3, 0.4) is 0 Å². The molecule has 0 radical (unpaired) electrons. The first-order valence-corrected chi connectivity index (χ1v) is 8.28. The minimum Gasteiger partial charge on any atom is -0.199 e. The van der Waals surface area contributed by atoms with E-state index in [0.717, 1.165) is 12.3 Å². The van der Waals surface area contributed by atoms with Crippen molar-refractivity contribution in [2.45, 2.75) is 18.7 Å². The summed E-state index contributed by atoms with van der Waals surface area (Å²) in [6, 6.07) is 8.40. The fraction of sp³-hybridized carbons (Fsp3) is 0.400.